The van der Waals surface area contributed by atoms with Gasteiger partial charge < -0.3 is 5.11 Å². The van der Waals surface area contributed by atoms with Gasteiger partial charge in [0, 0.05) is 4.47 Å². The fourth-order valence-electron chi connectivity index (χ4n) is 0.712. The lowest BCUT2D eigenvalue weighted by Crippen LogP contribution is -2.00. The summed E-state index contributed by atoms with van der Waals surface area (Å²) in [6.45, 7) is 0. The smallest absolute Gasteiger partial charge is 0.338 e. The minimum atomic E-state index is -1.34. The highest BCUT2D eigenvalue weighted by Gasteiger charge is 2.13. The lowest BCUT2D eigenvalue weighted by Gasteiger charge is -1.99. The van der Waals surface area contributed by atoms with E-state index < -0.39 is 17.3 Å². The van der Waals surface area contributed by atoms with E-state index in [0.29, 0.717) is 4.47 Å². The molecule has 0 saturated carbocycles. The first-order valence-electron chi connectivity index (χ1n) is 2.90. The molecule has 1 aromatic carbocycles. The second-order valence-corrected chi connectivity index (χ2v) is 3.38. The molecule has 0 amide bonds. The topological polar surface area (TPSA) is 37.3 Å². The molecule has 0 aliphatic carbocycles. The molecule has 1 rings (SSSR count). The Hall–Kier alpha value is -0.610. The highest BCUT2D eigenvalue weighted by atomic mass is 79.9. The van der Waals surface area contributed by atoms with Gasteiger partial charge in [-0.15, -0.1) is 0 Å². The van der Waals surface area contributed by atoms with Crippen molar-refractivity contribution in [3.8, 4) is 0 Å². The fourth-order valence-corrected chi connectivity index (χ4v) is 1.52. The first-order chi connectivity index (χ1) is 5.52. The Kier molecular flexibility index (Phi) is 2.69. The van der Waals surface area contributed by atoms with Gasteiger partial charge in [-0.25, -0.2) is 9.18 Å². The Morgan fingerprint density at radius 3 is 2.67 bits per heavy atom. The summed E-state index contributed by atoms with van der Waals surface area (Å²) < 4.78 is 13.3. The molecular formula is C7H3BrClFO2. The minimum absolute atomic E-state index is 0.207. The van der Waals surface area contributed by atoms with Crippen LogP contribution in [0.5, 0.6) is 0 Å². The molecule has 0 saturated heterocycles. The van der Waals surface area contributed by atoms with Gasteiger partial charge in [-0.2, -0.15) is 0 Å². The number of halogens is 3. The van der Waals surface area contributed by atoms with E-state index in [4.69, 9.17) is 16.7 Å². The largest absolute Gasteiger partial charge is 0.478 e. The van der Waals surface area contributed by atoms with Crippen LogP contribution in [0.25, 0.3) is 0 Å². The van der Waals surface area contributed by atoms with E-state index in [1.165, 1.54) is 6.07 Å². The monoisotopic (exact) mass is 252 g/mol. The van der Waals surface area contributed by atoms with E-state index in [1.807, 2.05) is 0 Å². The normalized spacial score (nSPS) is 9.92. The molecule has 0 fully saturated rings. The maximum atomic E-state index is 12.9. The quantitative estimate of drug-likeness (QED) is 0.781. The summed E-state index contributed by atoms with van der Waals surface area (Å²) >= 11 is 8.40. The van der Waals surface area contributed by atoms with Gasteiger partial charge in [0.25, 0.3) is 0 Å². The third kappa shape index (κ3) is 1.76. The molecule has 0 atom stereocenters. The average Bonchev–Trinajstić information content (AvgIpc) is 1.96. The van der Waals surface area contributed by atoms with Gasteiger partial charge in [-0.05, 0) is 12.1 Å². The average molecular weight is 253 g/mol. The van der Waals surface area contributed by atoms with Gasteiger partial charge >= 0.3 is 5.97 Å². The number of carboxylic acid groups (broad SMARTS) is 1. The Labute approximate surface area is 81.1 Å². The summed E-state index contributed by atoms with van der Waals surface area (Å²) in [6.07, 6.45) is 0. The molecule has 64 valence electrons. The lowest BCUT2D eigenvalue weighted by molar-refractivity contribution is 0.0692. The van der Waals surface area contributed by atoms with Crippen molar-refractivity contribution in [2.45, 2.75) is 0 Å². The van der Waals surface area contributed by atoms with Crippen LogP contribution < -0.4 is 0 Å². The molecule has 0 aliphatic rings. The second kappa shape index (κ2) is 3.41. The van der Waals surface area contributed by atoms with Crippen LogP contribution >= 0.6 is 27.5 Å². The van der Waals surface area contributed by atoms with Crippen LogP contribution in [0, 0.1) is 5.82 Å². The van der Waals surface area contributed by atoms with Crippen molar-refractivity contribution < 1.29 is 14.3 Å². The summed E-state index contributed by atoms with van der Waals surface area (Å²) in [5, 5.41) is 8.29. The predicted molar refractivity (Wildman–Crippen MR) is 46.1 cm³/mol. The standard InChI is InChI=1S/C7H3BrClFO2/c8-3-1-4(7(11)12)6(10)5(9)2-3/h1-2H,(H,11,12). The first kappa shape index (κ1) is 9.48. The molecule has 0 bridgehead atoms. The fraction of sp³-hybridized carbons (Fsp3) is 0. The Balaban J connectivity index is 3.37. The molecule has 0 radical (unpaired) electrons. The maximum Gasteiger partial charge on any atom is 0.338 e. The maximum absolute atomic E-state index is 12.9. The highest BCUT2D eigenvalue weighted by Crippen LogP contribution is 2.23. The van der Waals surface area contributed by atoms with E-state index in [1.54, 1.807) is 0 Å². The van der Waals surface area contributed by atoms with Crippen LogP contribution in [0.2, 0.25) is 5.02 Å². The molecule has 0 aromatic heterocycles. The van der Waals surface area contributed by atoms with Gasteiger partial charge in [0.05, 0.1) is 10.6 Å². The summed E-state index contributed by atoms with van der Waals surface area (Å²) in [7, 11) is 0. The Morgan fingerprint density at radius 2 is 2.17 bits per heavy atom. The van der Waals surface area contributed by atoms with E-state index >= 15 is 0 Å². The van der Waals surface area contributed by atoms with Crippen LogP contribution in [0.15, 0.2) is 16.6 Å². The van der Waals surface area contributed by atoms with Crippen LogP contribution in [-0.2, 0) is 0 Å². The van der Waals surface area contributed by atoms with Crippen molar-refractivity contribution in [3.63, 3.8) is 0 Å². The summed E-state index contributed by atoms with van der Waals surface area (Å²) in [5.41, 5.74) is -0.436. The molecule has 1 N–H and O–H groups in total. The zero-order chi connectivity index (χ0) is 9.30. The molecule has 12 heavy (non-hydrogen) atoms. The van der Waals surface area contributed by atoms with Crippen LogP contribution in [-0.4, -0.2) is 11.1 Å². The number of rotatable bonds is 1. The molecule has 0 heterocycles. The van der Waals surface area contributed by atoms with Gasteiger partial charge in [-0.1, -0.05) is 27.5 Å². The second-order valence-electron chi connectivity index (χ2n) is 2.05. The van der Waals surface area contributed by atoms with Crippen molar-refractivity contribution in [1.29, 1.82) is 0 Å². The van der Waals surface area contributed by atoms with Crippen molar-refractivity contribution in [1.82, 2.24) is 0 Å². The molecule has 2 nitrogen and oxygen atoms in total. The van der Waals surface area contributed by atoms with Crippen molar-refractivity contribution >= 4 is 33.5 Å². The minimum Gasteiger partial charge on any atom is -0.478 e. The number of carbonyl (C=O) groups is 1. The summed E-state index contributed by atoms with van der Waals surface area (Å²) in [5.74, 6) is -2.25. The first-order valence-corrected chi connectivity index (χ1v) is 4.07. The predicted octanol–water partition coefficient (Wildman–Crippen LogP) is 2.94. The van der Waals surface area contributed by atoms with Crippen molar-refractivity contribution in [2.75, 3.05) is 0 Å². The number of aromatic carboxylic acids is 1. The number of hydrogen-bond acceptors (Lipinski definition) is 1. The van der Waals surface area contributed by atoms with Crippen molar-refractivity contribution in [3.05, 3.63) is 33.0 Å². The molecule has 0 unspecified atom stereocenters. The summed E-state index contributed by atoms with van der Waals surface area (Å²) in [6, 6.07) is 2.45. The van der Waals surface area contributed by atoms with Gasteiger partial charge in [-0.3, -0.25) is 0 Å². The Morgan fingerprint density at radius 1 is 1.58 bits per heavy atom. The molecule has 1 aromatic rings. The lowest BCUT2D eigenvalue weighted by atomic mass is 10.2. The van der Waals surface area contributed by atoms with Crippen LogP contribution in [0.4, 0.5) is 4.39 Å². The third-order valence-electron chi connectivity index (χ3n) is 1.22. The van der Waals surface area contributed by atoms with Gasteiger partial charge in [0.1, 0.15) is 0 Å². The highest BCUT2D eigenvalue weighted by molar-refractivity contribution is 9.10. The van der Waals surface area contributed by atoms with Crippen LogP contribution in [0.1, 0.15) is 10.4 Å². The third-order valence-corrected chi connectivity index (χ3v) is 1.96. The SMILES string of the molecule is O=C(O)c1cc(Br)cc(Cl)c1F. The molecule has 0 spiro atoms. The number of carboxylic acids is 1. The molecule has 0 aliphatic heterocycles. The van der Waals surface area contributed by atoms with Crippen LogP contribution in [0.3, 0.4) is 0 Å². The molecular weight excluding hydrogens is 250 g/mol. The van der Waals surface area contributed by atoms with Gasteiger partial charge in [0.2, 0.25) is 0 Å². The summed E-state index contributed by atoms with van der Waals surface area (Å²) in [4.78, 5) is 10.4. The molecule has 5 heteroatoms. The van der Waals surface area contributed by atoms with E-state index in [-0.39, 0.29) is 5.02 Å². The zero-order valence-corrected chi connectivity index (χ0v) is 7.99. The van der Waals surface area contributed by atoms with Crippen molar-refractivity contribution in [2.24, 2.45) is 0 Å². The number of benzene rings is 1. The zero-order valence-electron chi connectivity index (χ0n) is 5.64. The Bertz CT molecular complexity index is 340. The van der Waals surface area contributed by atoms with Gasteiger partial charge in [0.15, 0.2) is 5.82 Å². The van der Waals surface area contributed by atoms with E-state index in [2.05, 4.69) is 15.9 Å². The van der Waals surface area contributed by atoms with E-state index in [9.17, 15) is 9.18 Å². The van der Waals surface area contributed by atoms with E-state index in [0.717, 1.165) is 6.07 Å². The number of hydrogen-bond donors (Lipinski definition) is 1.